The molecule has 1 aromatic heterocycles. The molecule has 0 spiro atoms. The second-order valence-electron chi connectivity index (χ2n) is 6.46. The van der Waals surface area contributed by atoms with E-state index in [1.165, 1.54) is 11.3 Å². The van der Waals surface area contributed by atoms with Crippen molar-refractivity contribution in [3.63, 3.8) is 0 Å². The molecule has 6 nitrogen and oxygen atoms in total. The fraction of sp³-hybridized carbons (Fsp3) is 0.190. The predicted molar refractivity (Wildman–Crippen MR) is 132 cm³/mol. The number of rotatable bonds is 7. The summed E-state index contributed by atoms with van der Waals surface area (Å²) in [4.78, 5) is 12.6. The maximum Gasteiger partial charge on any atom is 0.267 e. The third kappa shape index (κ3) is 8.78. The van der Waals surface area contributed by atoms with E-state index in [4.69, 9.17) is 28.9 Å². The predicted octanol–water partition coefficient (Wildman–Crippen LogP) is 6.12. The van der Waals surface area contributed by atoms with E-state index in [9.17, 15) is 13.2 Å². The number of nitrogens with one attached hydrogen (secondary N) is 2. The molecule has 0 radical (unpaired) electrons. The Labute approximate surface area is 196 Å². The van der Waals surface area contributed by atoms with Gasteiger partial charge in [0.25, 0.3) is 5.91 Å². The number of unbranched alkanes of at least 4 members (excludes halogenated alkanes) is 1. The van der Waals surface area contributed by atoms with Crippen LogP contribution in [0.4, 0.5) is 17.1 Å². The van der Waals surface area contributed by atoms with Gasteiger partial charge in [0.1, 0.15) is 4.88 Å². The lowest BCUT2D eigenvalue weighted by molar-refractivity contribution is 0.103. The number of hydrogen-bond acceptors (Lipinski definition) is 5. The highest BCUT2D eigenvalue weighted by atomic mass is 35.5. The molecule has 1 heterocycles. The second kappa shape index (κ2) is 12.0. The summed E-state index contributed by atoms with van der Waals surface area (Å²) < 4.78 is 26.4. The number of nitrogens with two attached hydrogens (primary N) is 1. The maximum atomic E-state index is 12.3. The Bertz CT molecular complexity index is 1100. The van der Waals surface area contributed by atoms with Gasteiger partial charge in [-0.2, -0.15) is 0 Å². The zero-order valence-electron chi connectivity index (χ0n) is 16.8. The standard InChI is InChI=1S/C15H17ClN2O3S2.C6H6ClN/c1-2-3-9-23(20,21)18-13-7-8-22-14(13)15(19)17-12-6-4-5-11(16)10-12;7-5-2-1-3-6(8)4-5/h4-8,10,18H,2-3,9H2,1H3,(H,17,19);1-4H,8H2. The quantitative estimate of drug-likeness (QED) is 0.340. The number of amides is 1. The molecular weight excluding hydrogens is 477 g/mol. The van der Waals surface area contributed by atoms with Gasteiger partial charge >= 0.3 is 0 Å². The Balaban J connectivity index is 0.000000357. The third-order valence-electron chi connectivity index (χ3n) is 3.83. The van der Waals surface area contributed by atoms with Crippen molar-refractivity contribution in [3.05, 3.63) is 74.9 Å². The molecule has 0 aliphatic rings. The zero-order chi connectivity index (χ0) is 22.9. The minimum absolute atomic E-state index is 0.0364. The minimum Gasteiger partial charge on any atom is -0.399 e. The molecule has 3 aromatic rings. The Hall–Kier alpha value is -2.26. The van der Waals surface area contributed by atoms with Crippen LogP contribution in [0.5, 0.6) is 0 Å². The molecule has 3 rings (SSSR count). The number of carbonyl (C=O) groups excluding carboxylic acids is 1. The lowest BCUT2D eigenvalue weighted by Gasteiger charge is -2.09. The van der Waals surface area contributed by atoms with Crippen LogP contribution in [0.2, 0.25) is 10.0 Å². The summed E-state index contributed by atoms with van der Waals surface area (Å²) in [6.07, 6.45) is 1.36. The van der Waals surface area contributed by atoms with Crippen molar-refractivity contribution in [3.8, 4) is 0 Å². The van der Waals surface area contributed by atoms with Gasteiger partial charge in [-0.3, -0.25) is 9.52 Å². The first-order chi connectivity index (χ1) is 14.7. The second-order valence-corrected chi connectivity index (χ2v) is 10.1. The fourth-order valence-electron chi connectivity index (χ4n) is 2.38. The number of nitrogen functional groups attached to an aromatic ring is 1. The Kier molecular flexibility index (Phi) is 9.64. The molecule has 2 aromatic carbocycles. The molecule has 0 saturated heterocycles. The van der Waals surface area contributed by atoms with Crippen LogP contribution in [0.3, 0.4) is 0 Å². The van der Waals surface area contributed by atoms with Gasteiger partial charge in [-0.25, -0.2) is 8.42 Å². The van der Waals surface area contributed by atoms with Crippen LogP contribution >= 0.6 is 34.5 Å². The minimum atomic E-state index is -3.45. The van der Waals surface area contributed by atoms with Crippen molar-refractivity contribution in [2.24, 2.45) is 0 Å². The molecular formula is C21H23Cl2N3O3S2. The largest absolute Gasteiger partial charge is 0.399 e. The lowest BCUT2D eigenvalue weighted by atomic mass is 10.3. The van der Waals surface area contributed by atoms with Crippen molar-refractivity contribution >= 4 is 67.5 Å². The van der Waals surface area contributed by atoms with Gasteiger partial charge in [-0.1, -0.05) is 48.7 Å². The highest BCUT2D eigenvalue weighted by molar-refractivity contribution is 7.92. The molecule has 0 atom stereocenters. The SMILES string of the molecule is CCCCS(=O)(=O)Nc1ccsc1C(=O)Nc1cccc(Cl)c1.Nc1cccc(Cl)c1. The molecule has 0 fully saturated rings. The van der Waals surface area contributed by atoms with E-state index < -0.39 is 10.0 Å². The van der Waals surface area contributed by atoms with Gasteiger partial charge in [-0.15, -0.1) is 11.3 Å². The monoisotopic (exact) mass is 499 g/mol. The molecule has 10 heteroatoms. The highest BCUT2D eigenvalue weighted by Crippen LogP contribution is 2.25. The number of anilines is 3. The van der Waals surface area contributed by atoms with Crippen LogP contribution in [0.1, 0.15) is 29.4 Å². The lowest BCUT2D eigenvalue weighted by Crippen LogP contribution is -2.19. The first-order valence-electron chi connectivity index (χ1n) is 9.36. The molecule has 0 unspecified atom stereocenters. The summed E-state index contributed by atoms with van der Waals surface area (Å²) in [5.41, 5.74) is 6.93. The molecule has 1 amide bonds. The molecule has 0 bridgehead atoms. The van der Waals surface area contributed by atoms with Crippen LogP contribution in [0, 0.1) is 0 Å². The summed E-state index contributed by atoms with van der Waals surface area (Å²) >= 11 is 12.6. The van der Waals surface area contributed by atoms with Crippen molar-refractivity contribution in [2.75, 3.05) is 21.5 Å². The topological polar surface area (TPSA) is 101 Å². The summed E-state index contributed by atoms with van der Waals surface area (Å²) in [7, 11) is -3.45. The summed E-state index contributed by atoms with van der Waals surface area (Å²) in [5.74, 6) is -0.343. The maximum absolute atomic E-state index is 12.3. The van der Waals surface area contributed by atoms with Crippen molar-refractivity contribution in [1.82, 2.24) is 0 Å². The average molecular weight is 500 g/mol. The molecule has 0 aliphatic heterocycles. The molecule has 0 aliphatic carbocycles. The van der Waals surface area contributed by atoms with Crippen molar-refractivity contribution < 1.29 is 13.2 Å². The van der Waals surface area contributed by atoms with Crippen LogP contribution in [-0.2, 0) is 10.0 Å². The number of hydrogen-bond donors (Lipinski definition) is 3. The van der Waals surface area contributed by atoms with Crippen molar-refractivity contribution in [1.29, 1.82) is 0 Å². The number of carbonyl (C=O) groups is 1. The van der Waals surface area contributed by atoms with Crippen LogP contribution < -0.4 is 15.8 Å². The fourth-order valence-corrected chi connectivity index (χ4v) is 4.85. The van der Waals surface area contributed by atoms with E-state index in [0.717, 1.165) is 6.42 Å². The van der Waals surface area contributed by atoms with Crippen LogP contribution in [0.25, 0.3) is 0 Å². The Morgan fingerprint density at radius 2 is 1.74 bits per heavy atom. The van der Waals surface area contributed by atoms with E-state index in [0.29, 0.717) is 38.4 Å². The third-order valence-corrected chi connectivity index (χ3v) is 6.58. The van der Waals surface area contributed by atoms with Gasteiger partial charge in [0.2, 0.25) is 10.0 Å². The molecule has 31 heavy (non-hydrogen) atoms. The molecule has 0 saturated carbocycles. The first kappa shape index (κ1) is 25.0. The van der Waals surface area contributed by atoms with Gasteiger partial charge < -0.3 is 11.1 Å². The average Bonchev–Trinajstić information content (AvgIpc) is 3.14. The van der Waals surface area contributed by atoms with E-state index >= 15 is 0 Å². The zero-order valence-corrected chi connectivity index (χ0v) is 19.9. The van der Waals surface area contributed by atoms with E-state index in [2.05, 4.69) is 10.0 Å². The van der Waals surface area contributed by atoms with E-state index in [-0.39, 0.29) is 11.7 Å². The summed E-state index contributed by atoms with van der Waals surface area (Å²) in [6, 6.07) is 15.5. The highest BCUT2D eigenvalue weighted by Gasteiger charge is 2.18. The summed E-state index contributed by atoms with van der Waals surface area (Å²) in [5, 5.41) is 5.57. The van der Waals surface area contributed by atoms with E-state index in [1.54, 1.807) is 53.9 Å². The van der Waals surface area contributed by atoms with Crippen molar-refractivity contribution in [2.45, 2.75) is 19.8 Å². The van der Waals surface area contributed by atoms with Crippen LogP contribution in [0.15, 0.2) is 60.0 Å². The molecule has 4 N–H and O–H groups in total. The summed E-state index contributed by atoms with van der Waals surface area (Å²) in [6.45, 7) is 1.92. The number of thiophene rings is 1. The Morgan fingerprint density at radius 1 is 1.06 bits per heavy atom. The van der Waals surface area contributed by atoms with Crippen LogP contribution in [-0.4, -0.2) is 20.1 Å². The number of sulfonamides is 1. The van der Waals surface area contributed by atoms with Gasteiger partial charge in [0.15, 0.2) is 0 Å². The number of benzene rings is 2. The van der Waals surface area contributed by atoms with Gasteiger partial charge in [-0.05, 0) is 54.3 Å². The smallest absolute Gasteiger partial charge is 0.267 e. The van der Waals surface area contributed by atoms with Gasteiger partial charge in [0.05, 0.1) is 11.4 Å². The number of halogens is 2. The normalized spacial score (nSPS) is 10.7. The molecule has 166 valence electrons. The van der Waals surface area contributed by atoms with E-state index in [1.807, 2.05) is 13.0 Å². The Morgan fingerprint density at radius 3 is 2.32 bits per heavy atom. The van der Waals surface area contributed by atoms with Gasteiger partial charge in [0, 0.05) is 21.4 Å². The first-order valence-corrected chi connectivity index (χ1v) is 12.6.